The van der Waals surface area contributed by atoms with Crippen LogP contribution < -0.4 is 25.0 Å². The largest absolute Gasteiger partial charge is 0.486 e. The third-order valence-electron chi connectivity index (χ3n) is 5.45. The molecule has 2 aromatic rings. The molecule has 0 saturated heterocycles. The molecule has 158 valence electrons. The minimum Gasteiger partial charge on any atom is -0.486 e. The predicted octanol–water partition coefficient (Wildman–Crippen LogP) is 2.53. The third kappa shape index (κ3) is 4.50. The van der Waals surface area contributed by atoms with Crippen LogP contribution in [0.5, 0.6) is 11.5 Å². The van der Waals surface area contributed by atoms with Crippen molar-refractivity contribution >= 4 is 23.2 Å². The van der Waals surface area contributed by atoms with E-state index in [-0.39, 0.29) is 0 Å². The maximum atomic E-state index is 12.2. The summed E-state index contributed by atoms with van der Waals surface area (Å²) in [6.45, 7) is 5.67. The lowest BCUT2D eigenvalue weighted by Gasteiger charge is -2.30. The third-order valence-corrected chi connectivity index (χ3v) is 5.45. The molecule has 7 nitrogen and oxygen atoms in total. The Morgan fingerprint density at radius 3 is 2.70 bits per heavy atom. The van der Waals surface area contributed by atoms with Gasteiger partial charge in [-0.2, -0.15) is 0 Å². The maximum Gasteiger partial charge on any atom is 0.313 e. The number of fused-ring (bicyclic) bond motifs is 2. The summed E-state index contributed by atoms with van der Waals surface area (Å²) in [6.07, 6.45) is 2.94. The number of hydrogen-bond acceptors (Lipinski definition) is 5. The van der Waals surface area contributed by atoms with Gasteiger partial charge in [0.2, 0.25) is 0 Å². The normalized spacial score (nSPS) is 14.6. The topological polar surface area (TPSA) is 79.9 Å². The standard InChI is InChI=1S/C23H27N3O4/c1-2-26-11-3-4-17-14-16(5-7-19(17)26)9-10-24-22(27)23(28)25-18-6-8-20-21(15-18)30-13-12-29-20/h5-8,14-15H,2-4,9-13H2,1H3,(H,24,27)(H,25,28). The van der Waals surface area contributed by atoms with Crippen LogP contribution in [0.2, 0.25) is 0 Å². The van der Waals surface area contributed by atoms with Gasteiger partial charge < -0.3 is 25.0 Å². The lowest BCUT2D eigenvalue weighted by Crippen LogP contribution is -2.36. The molecule has 2 amide bonds. The van der Waals surface area contributed by atoms with Crippen LogP contribution in [-0.2, 0) is 22.4 Å². The van der Waals surface area contributed by atoms with Crippen LogP contribution in [0.4, 0.5) is 11.4 Å². The summed E-state index contributed by atoms with van der Waals surface area (Å²) in [5, 5.41) is 5.30. The smallest absolute Gasteiger partial charge is 0.313 e. The second-order valence-corrected chi connectivity index (χ2v) is 7.46. The Hall–Kier alpha value is -3.22. The van der Waals surface area contributed by atoms with Gasteiger partial charge in [0.15, 0.2) is 11.5 Å². The van der Waals surface area contributed by atoms with Crippen molar-refractivity contribution in [1.82, 2.24) is 5.32 Å². The molecule has 2 heterocycles. The zero-order valence-electron chi connectivity index (χ0n) is 17.2. The zero-order chi connectivity index (χ0) is 20.9. The summed E-state index contributed by atoms with van der Waals surface area (Å²) in [5.41, 5.74) is 4.34. The highest BCUT2D eigenvalue weighted by Gasteiger charge is 2.18. The summed E-state index contributed by atoms with van der Waals surface area (Å²) < 4.78 is 10.9. The second-order valence-electron chi connectivity index (χ2n) is 7.46. The average Bonchev–Trinajstić information content (AvgIpc) is 2.78. The van der Waals surface area contributed by atoms with Crippen molar-refractivity contribution in [1.29, 1.82) is 0 Å². The summed E-state index contributed by atoms with van der Waals surface area (Å²) in [7, 11) is 0. The van der Waals surface area contributed by atoms with Crippen molar-refractivity contribution in [2.45, 2.75) is 26.2 Å². The molecule has 2 aromatic carbocycles. The fourth-order valence-electron chi connectivity index (χ4n) is 3.92. The Balaban J connectivity index is 1.28. The Morgan fingerprint density at radius 1 is 1.03 bits per heavy atom. The molecular formula is C23H27N3O4. The lowest BCUT2D eigenvalue weighted by molar-refractivity contribution is -0.136. The number of nitrogens with one attached hydrogen (secondary N) is 2. The first-order valence-corrected chi connectivity index (χ1v) is 10.5. The highest BCUT2D eigenvalue weighted by Crippen LogP contribution is 2.32. The van der Waals surface area contributed by atoms with Crippen LogP contribution in [0, 0.1) is 0 Å². The molecule has 7 heteroatoms. The van der Waals surface area contributed by atoms with Crippen LogP contribution in [0.15, 0.2) is 36.4 Å². The van der Waals surface area contributed by atoms with E-state index in [0.717, 1.165) is 19.5 Å². The molecule has 0 saturated carbocycles. The molecule has 0 atom stereocenters. The maximum absolute atomic E-state index is 12.2. The quantitative estimate of drug-likeness (QED) is 0.742. The molecule has 4 rings (SSSR count). The molecule has 0 aromatic heterocycles. The van der Waals surface area contributed by atoms with Crippen molar-refractivity contribution < 1.29 is 19.1 Å². The number of hydrogen-bond donors (Lipinski definition) is 2. The van der Waals surface area contributed by atoms with E-state index in [1.165, 1.54) is 23.2 Å². The van der Waals surface area contributed by atoms with Gasteiger partial charge in [-0.1, -0.05) is 12.1 Å². The molecule has 2 N–H and O–H groups in total. The number of benzene rings is 2. The Morgan fingerprint density at radius 2 is 1.87 bits per heavy atom. The number of amides is 2. The highest BCUT2D eigenvalue weighted by molar-refractivity contribution is 6.39. The van der Waals surface area contributed by atoms with Gasteiger partial charge in [0.05, 0.1) is 0 Å². The van der Waals surface area contributed by atoms with Crippen LogP contribution in [0.1, 0.15) is 24.5 Å². The monoisotopic (exact) mass is 409 g/mol. The molecular weight excluding hydrogens is 382 g/mol. The van der Waals surface area contributed by atoms with E-state index in [0.29, 0.717) is 43.4 Å². The fourth-order valence-corrected chi connectivity index (χ4v) is 3.92. The minimum atomic E-state index is -0.698. The molecule has 0 bridgehead atoms. The first-order chi connectivity index (χ1) is 14.6. The molecule has 2 aliphatic heterocycles. The van der Waals surface area contributed by atoms with Gasteiger partial charge in [0, 0.05) is 37.1 Å². The van der Waals surface area contributed by atoms with Crippen molar-refractivity contribution in [3.05, 3.63) is 47.5 Å². The second kappa shape index (κ2) is 9.07. The van der Waals surface area contributed by atoms with Crippen molar-refractivity contribution in [3.8, 4) is 11.5 Å². The van der Waals surface area contributed by atoms with E-state index >= 15 is 0 Å². The van der Waals surface area contributed by atoms with Gasteiger partial charge in [0.25, 0.3) is 0 Å². The summed E-state index contributed by atoms with van der Waals surface area (Å²) >= 11 is 0. The molecule has 0 radical (unpaired) electrons. The first-order valence-electron chi connectivity index (χ1n) is 10.5. The average molecular weight is 409 g/mol. The van der Waals surface area contributed by atoms with Crippen LogP contribution >= 0.6 is 0 Å². The van der Waals surface area contributed by atoms with Gasteiger partial charge in [-0.25, -0.2) is 0 Å². The summed E-state index contributed by atoms with van der Waals surface area (Å²) in [5.74, 6) is -0.153. The predicted molar refractivity (Wildman–Crippen MR) is 115 cm³/mol. The summed E-state index contributed by atoms with van der Waals surface area (Å²) in [4.78, 5) is 26.7. The van der Waals surface area contributed by atoms with E-state index < -0.39 is 11.8 Å². The SMILES string of the molecule is CCN1CCCc2cc(CCNC(=O)C(=O)Nc3ccc4c(c3)OCCO4)ccc21. The number of anilines is 2. The lowest BCUT2D eigenvalue weighted by atomic mass is 9.98. The number of carbonyl (C=O) groups is 2. The van der Waals surface area contributed by atoms with Crippen LogP contribution in [0.3, 0.4) is 0 Å². The molecule has 0 aliphatic carbocycles. The number of ether oxygens (including phenoxy) is 2. The van der Waals surface area contributed by atoms with Crippen LogP contribution in [-0.4, -0.2) is 44.7 Å². The van der Waals surface area contributed by atoms with Crippen molar-refractivity contribution in [2.24, 2.45) is 0 Å². The van der Waals surface area contributed by atoms with Gasteiger partial charge in [0.1, 0.15) is 13.2 Å². The van der Waals surface area contributed by atoms with Gasteiger partial charge in [-0.3, -0.25) is 9.59 Å². The first kappa shape index (κ1) is 20.1. The number of nitrogens with zero attached hydrogens (tertiary/aromatic N) is 1. The van der Waals surface area contributed by atoms with Crippen LogP contribution in [0.25, 0.3) is 0 Å². The number of carbonyl (C=O) groups excluding carboxylic acids is 2. The highest BCUT2D eigenvalue weighted by atomic mass is 16.6. The zero-order valence-corrected chi connectivity index (χ0v) is 17.2. The Kier molecular flexibility index (Phi) is 6.07. The molecule has 0 spiro atoms. The molecule has 0 fully saturated rings. The van der Waals surface area contributed by atoms with E-state index in [1.807, 2.05) is 0 Å². The molecule has 2 aliphatic rings. The van der Waals surface area contributed by atoms with Crippen molar-refractivity contribution in [3.63, 3.8) is 0 Å². The Labute approximate surface area is 176 Å². The van der Waals surface area contributed by atoms with E-state index in [2.05, 4.69) is 40.7 Å². The molecule has 30 heavy (non-hydrogen) atoms. The van der Waals surface area contributed by atoms with E-state index in [9.17, 15) is 9.59 Å². The Bertz CT molecular complexity index is 944. The molecule has 0 unspecified atom stereocenters. The number of rotatable bonds is 5. The van der Waals surface area contributed by atoms with Gasteiger partial charge >= 0.3 is 11.8 Å². The summed E-state index contributed by atoms with van der Waals surface area (Å²) in [6, 6.07) is 11.6. The fraction of sp³-hybridized carbons (Fsp3) is 0.391. The van der Waals surface area contributed by atoms with Crippen molar-refractivity contribution in [2.75, 3.05) is 43.1 Å². The van der Waals surface area contributed by atoms with Gasteiger partial charge in [-0.15, -0.1) is 0 Å². The van der Waals surface area contributed by atoms with E-state index in [1.54, 1.807) is 18.2 Å². The minimum absolute atomic E-state index is 0.406. The van der Waals surface area contributed by atoms with Gasteiger partial charge in [-0.05, 0) is 55.5 Å². The number of aryl methyl sites for hydroxylation is 1. The van der Waals surface area contributed by atoms with E-state index in [4.69, 9.17) is 9.47 Å².